The predicted molar refractivity (Wildman–Crippen MR) is 108 cm³/mol. The van der Waals surface area contributed by atoms with Gasteiger partial charge in [0, 0.05) is 35.8 Å². The van der Waals surface area contributed by atoms with Gasteiger partial charge in [-0.1, -0.05) is 6.07 Å². The van der Waals surface area contributed by atoms with Crippen LogP contribution in [0, 0.1) is 11.6 Å². The molecule has 1 atom stereocenters. The minimum atomic E-state index is -3.04. The van der Waals surface area contributed by atoms with Gasteiger partial charge in [0.05, 0.1) is 29.8 Å². The molecule has 8 nitrogen and oxygen atoms in total. The second-order valence-corrected chi connectivity index (χ2v) is 9.76. The van der Waals surface area contributed by atoms with E-state index in [-0.39, 0.29) is 35.3 Å². The standard InChI is InChI=1S/C20H20F2N4O4S/c21-14-2-1-12(17(22)5-14)9-26-10-13(7-23-15-3-4-31(29,30)11-15)16-6-18(20(27)25-28)24-8-19(16)26/h1-2,5-6,8,10,15,23,28H,3-4,7,9,11H2,(H,25,27). The second kappa shape index (κ2) is 8.33. The van der Waals surface area contributed by atoms with Crippen LogP contribution in [-0.4, -0.2) is 46.6 Å². The zero-order valence-electron chi connectivity index (χ0n) is 16.3. The lowest BCUT2D eigenvalue weighted by atomic mass is 10.1. The Hall–Kier alpha value is -2.89. The monoisotopic (exact) mass is 450 g/mol. The minimum Gasteiger partial charge on any atom is -0.341 e. The third-order valence-electron chi connectivity index (χ3n) is 5.35. The van der Waals surface area contributed by atoms with Crippen LogP contribution in [0.4, 0.5) is 8.78 Å². The van der Waals surface area contributed by atoms with Crippen LogP contribution in [0.3, 0.4) is 0 Å². The number of amides is 1. The molecule has 0 bridgehead atoms. The number of benzene rings is 1. The number of fused-ring (bicyclic) bond motifs is 1. The van der Waals surface area contributed by atoms with Crippen molar-refractivity contribution in [2.24, 2.45) is 0 Å². The highest BCUT2D eigenvalue weighted by Gasteiger charge is 2.27. The average molecular weight is 450 g/mol. The van der Waals surface area contributed by atoms with Gasteiger partial charge < -0.3 is 9.88 Å². The lowest BCUT2D eigenvalue weighted by molar-refractivity contribution is 0.0701. The highest BCUT2D eigenvalue weighted by molar-refractivity contribution is 7.91. The predicted octanol–water partition coefficient (Wildman–Crippen LogP) is 1.76. The molecule has 1 aliphatic rings. The van der Waals surface area contributed by atoms with Crippen LogP contribution in [0.1, 0.15) is 28.0 Å². The molecule has 3 N–H and O–H groups in total. The average Bonchev–Trinajstić information content (AvgIpc) is 3.26. The van der Waals surface area contributed by atoms with Gasteiger partial charge in [-0.15, -0.1) is 0 Å². The number of nitrogens with zero attached hydrogens (tertiary/aromatic N) is 2. The zero-order chi connectivity index (χ0) is 22.2. The van der Waals surface area contributed by atoms with Gasteiger partial charge in [-0.3, -0.25) is 10.0 Å². The third-order valence-corrected chi connectivity index (χ3v) is 7.12. The summed E-state index contributed by atoms with van der Waals surface area (Å²) in [6, 6.07) is 4.67. The summed E-state index contributed by atoms with van der Waals surface area (Å²) in [6.07, 6.45) is 3.71. The maximum absolute atomic E-state index is 14.2. The molecule has 31 heavy (non-hydrogen) atoms. The Labute approximate surface area is 176 Å². The number of rotatable bonds is 6. The molecular weight excluding hydrogens is 430 g/mol. The lowest BCUT2D eigenvalue weighted by Crippen LogP contribution is -2.29. The highest BCUT2D eigenvalue weighted by atomic mass is 32.2. The van der Waals surface area contributed by atoms with Gasteiger partial charge in [-0.25, -0.2) is 27.7 Å². The molecule has 1 amide bonds. The van der Waals surface area contributed by atoms with Crippen molar-refractivity contribution in [1.82, 2.24) is 20.3 Å². The molecule has 1 fully saturated rings. The fourth-order valence-electron chi connectivity index (χ4n) is 3.76. The first-order chi connectivity index (χ1) is 14.8. The number of sulfone groups is 1. The number of aromatic nitrogens is 2. The van der Waals surface area contributed by atoms with Crippen LogP contribution >= 0.6 is 0 Å². The number of hydroxylamine groups is 1. The van der Waals surface area contributed by atoms with Crippen LogP contribution in [-0.2, 0) is 22.9 Å². The molecule has 1 unspecified atom stereocenters. The van der Waals surface area contributed by atoms with Crippen LogP contribution in [0.2, 0.25) is 0 Å². The number of hydrogen-bond donors (Lipinski definition) is 3. The van der Waals surface area contributed by atoms with E-state index in [1.807, 2.05) is 0 Å². The van der Waals surface area contributed by atoms with Crippen molar-refractivity contribution in [3.05, 3.63) is 65.1 Å². The van der Waals surface area contributed by atoms with Crippen molar-refractivity contribution < 1.29 is 27.2 Å². The molecular formula is C20H20F2N4O4S. The Morgan fingerprint density at radius 3 is 2.74 bits per heavy atom. The zero-order valence-corrected chi connectivity index (χ0v) is 17.1. The summed E-state index contributed by atoms with van der Waals surface area (Å²) in [7, 11) is -3.04. The van der Waals surface area contributed by atoms with Gasteiger partial charge in [0.1, 0.15) is 17.3 Å². The Bertz CT molecular complexity index is 1260. The second-order valence-electron chi connectivity index (χ2n) is 7.53. The summed E-state index contributed by atoms with van der Waals surface area (Å²) in [5, 5.41) is 12.8. The molecule has 1 aliphatic heterocycles. The number of pyridine rings is 1. The van der Waals surface area contributed by atoms with E-state index in [0.29, 0.717) is 23.9 Å². The van der Waals surface area contributed by atoms with E-state index in [2.05, 4.69) is 10.3 Å². The van der Waals surface area contributed by atoms with Crippen LogP contribution in [0.25, 0.3) is 10.9 Å². The Morgan fingerprint density at radius 2 is 2.06 bits per heavy atom. The van der Waals surface area contributed by atoms with Crippen LogP contribution in [0.5, 0.6) is 0 Å². The minimum absolute atomic E-state index is 0.00888. The summed E-state index contributed by atoms with van der Waals surface area (Å²) in [6.45, 7) is 0.424. The van der Waals surface area contributed by atoms with Gasteiger partial charge >= 0.3 is 0 Å². The molecule has 0 saturated carbocycles. The third kappa shape index (κ3) is 4.58. The molecule has 3 aromatic rings. The van der Waals surface area contributed by atoms with E-state index < -0.39 is 27.4 Å². The fraction of sp³-hybridized carbons (Fsp3) is 0.300. The van der Waals surface area contributed by atoms with Crippen molar-refractivity contribution in [3.8, 4) is 0 Å². The summed E-state index contributed by atoms with van der Waals surface area (Å²) < 4.78 is 52.5. The Balaban J connectivity index is 1.68. The van der Waals surface area contributed by atoms with Gasteiger partial charge in [0.25, 0.3) is 5.91 Å². The number of nitrogens with one attached hydrogen (secondary N) is 2. The summed E-state index contributed by atoms with van der Waals surface area (Å²) >= 11 is 0. The van der Waals surface area contributed by atoms with E-state index in [1.165, 1.54) is 29.9 Å². The quantitative estimate of drug-likeness (QED) is 0.390. The number of hydrogen-bond acceptors (Lipinski definition) is 6. The Morgan fingerprint density at radius 1 is 1.26 bits per heavy atom. The molecule has 164 valence electrons. The van der Waals surface area contributed by atoms with Gasteiger partial charge in [-0.2, -0.15) is 0 Å². The topological polar surface area (TPSA) is 113 Å². The van der Waals surface area contributed by atoms with Crippen molar-refractivity contribution in [2.45, 2.75) is 25.6 Å². The van der Waals surface area contributed by atoms with Crippen LogP contribution in [0.15, 0.2) is 36.7 Å². The highest BCUT2D eigenvalue weighted by Crippen LogP contribution is 2.24. The van der Waals surface area contributed by atoms with Gasteiger partial charge in [-0.05, 0) is 24.1 Å². The normalized spacial score (nSPS) is 17.8. The summed E-state index contributed by atoms with van der Waals surface area (Å²) in [5.74, 6) is -1.93. The number of carbonyl (C=O) groups is 1. The maximum atomic E-state index is 14.2. The van der Waals surface area contributed by atoms with Crippen molar-refractivity contribution in [1.29, 1.82) is 0 Å². The largest absolute Gasteiger partial charge is 0.341 e. The first-order valence-electron chi connectivity index (χ1n) is 9.55. The summed E-state index contributed by atoms with van der Waals surface area (Å²) in [5.41, 5.74) is 3.15. The van der Waals surface area contributed by atoms with Gasteiger partial charge in [0.2, 0.25) is 0 Å². The first-order valence-corrected chi connectivity index (χ1v) is 11.4. The van der Waals surface area contributed by atoms with Gasteiger partial charge in [0.15, 0.2) is 9.84 Å². The fourth-order valence-corrected chi connectivity index (χ4v) is 5.47. The molecule has 0 spiro atoms. The molecule has 3 heterocycles. The number of halogens is 2. The molecule has 0 radical (unpaired) electrons. The van der Waals surface area contributed by atoms with Crippen molar-refractivity contribution >= 4 is 26.6 Å². The molecule has 11 heteroatoms. The summed E-state index contributed by atoms with van der Waals surface area (Å²) in [4.78, 5) is 15.8. The molecule has 1 aromatic carbocycles. The van der Waals surface area contributed by atoms with Crippen molar-refractivity contribution in [2.75, 3.05) is 11.5 Å². The smallest absolute Gasteiger partial charge is 0.293 e. The van der Waals surface area contributed by atoms with Crippen LogP contribution < -0.4 is 10.8 Å². The van der Waals surface area contributed by atoms with E-state index in [1.54, 1.807) is 10.8 Å². The molecule has 1 saturated heterocycles. The Kier molecular flexibility index (Phi) is 5.73. The first kappa shape index (κ1) is 21.3. The SMILES string of the molecule is O=C(NO)c1cc2c(CNC3CCS(=O)(=O)C3)cn(Cc3ccc(F)cc3F)c2cn1. The maximum Gasteiger partial charge on any atom is 0.293 e. The molecule has 2 aromatic heterocycles. The lowest BCUT2D eigenvalue weighted by Gasteiger charge is -2.10. The number of carbonyl (C=O) groups excluding carboxylic acids is 1. The molecule has 4 rings (SSSR count). The van der Waals surface area contributed by atoms with E-state index in [4.69, 9.17) is 5.21 Å². The van der Waals surface area contributed by atoms with E-state index in [9.17, 15) is 22.0 Å². The van der Waals surface area contributed by atoms with Crippen molar-refractivity contribution in [3.63, 3.8) is 0 Å². The molecule has 0 aliphatic carbocycles. The van der Waals surface area contributed by atoms with E-state index >= 15 is 0 Å². The van der Waals surface area contributed by atoms with E-state index in [0.717, 1.165) is 11.6 Å².